The molecule has 0 unspecified atom stereocenters. The maximum atomic E-state index is 13.4. The fourth-order valence-corrected chi connectivity index (χ4v) is 5.68. The first-order chi connectivity index (χ1) is 21.9. The van der Waals surface area contributed by atoms with Gasteiger partial charge < -0.3 is 25.0 Å². The van der Waals surface area contributed by atoms with Crippen LogP contribution in [0.4, 0.5) is 5.82 Å². The topological polar surface area (TPSA) is 123 Å². The second-order valence-corrected chi connectivity index (χ2v) is 11.0. The molecule has 2 heterocycles. The van der Waals surface area contributed by atoms with Crippen molar-refractivity contribution >= 4 is 11.8 Å². The molecule has 1 saturated heterocycles. The number of carbonyl (C=O) groups excluding carboxylic acids is 1. The lowest BCUT2D eigenvalue weighted by Gasteiger charge is -2.37. The van der Waals surface area contributed by atoms with E-state index in [-0.39, 0.29) is 6.61 Å². The van der Waals surface area contributed by atoms with Gasteiger partial charge in [0.1, 0.15) is 36.3 Å². The number of benzene rings is 4. The number of aliphatic hydroxyl groups is 2. The highest BCUT2D eigenvalue weighted by Crippen LogP contribution is 2.39. The number of rotatable bonds is 9. The van der Waals surface area contributed by atoms with Crippen molar-refractivity contribution in [2.45, 2.75) is 37.0 Å². The number of anilines is 1. The summed E-state index contributed by atoms with van der Waals surface area (Å²) in [6.45, 7) is 1.60. The van der Waals surface area contributed by atoms with Crippen LogP contribution in [-0.4, -0.2) is 50.7 Å². The van der Waals surface area contributed by atoms with Gasteiger partial charge in [0.05, 0.1) is 5.56 Å². The molecule has 9 heteroatoms. The molecule has 0 bridgehead atoms. The van der Waals surface area contributed by atoms with Crippen molar-refractivity contribution in [3.05, 3.63) is 166 Å². The summed E-state index contributed by atoms with van der Waals surface area (Å²) in [5, 5.41) is 25.0. The minimum Gasteiger partial charge on any atom is -0.459 e. The van der Waals surface area contributed by atoms with Crippen LogP contribution >= 0.6 is 0 Å². The zero-order chi connectivity index (χ0) is 31.4. The minimum absolute atomic E-state index is 0.296. The van der Waals surface area contributed by atoms with Gasteiger partial charge in [0.2, 0.25) is 0 Å². The number of aliphatic hydroxyl groups excluding tert-OH is 2. The maximum Gasteiger partial charge on any atom is 0.351 e. The van der Waals surface area contributed by atoms with E-state index >= 15 is 0 Å². The fourth-order valence-electron chi connectivity index (χ4n) is 5.68. The number of nitrogens with one attached hydrogen (secondary N) is 1. The van der Waals surface area contributed by atoms with Crippen LogP contribution in [0.15, 0.2) is 132 Å². The van der Waals surface area contributed by atoms with Gasteiger partial charge in [0, 0.05) is 6.20 Å². The molecule has 0 aliphatic carbocycles. The molecule has 0 radical (unpaired) electrons. The lowest BCUT2D eigenvalue weighted by Crippen LogP contribution is -2.40. The Labute approximate surface area is 260 Å². The number of hydrogen-bond acceptors (Lipinski definition) is 8. The molecule has 9 nitrogen and oxygen atoms in total. The second-order valence-electron chi connectivity index (χ2n) is 11.0. The van der Waals surface area contributed by atoms with Crippen LogP contribution in [0, 0.1) is 6.92 Å². The summed E-state index contributed by atoms with van der Waals surface area (Å²) in [5.74, 6) is -0.291. The Kier molecular flexibility index (Phi) is 8.57. The van der Waals surface area contributed by atoms with Crippen LogP contribution in [-0.2, 0) is 15.0 Å². The molecule has 3 N–H and O–H groups in total. The maximum absolute atomic E-state index is 13.4. The van der Waals surface area contributed by atoms with E-state index in [9.17, 15) is 19.8 Å². The van der Waals surface area contributed by atoms with E-state index in [2.05, 4.69) is 10.3 Å². The second kappa shape index (κ2) is 12.9. The molecule has 1 aromatic heterocycles. The van der Waals surface area contributed by atoms with Gasteiger partial charge in [0.25, 0.3) is 0 Å². The number of nitrogens with zero attached hydrogens (tertiary/aromatic N) is 2. The SMILES string of the molecule is Cc1ccc(C(=O)OC[C@H]2O[C@@H](n3ccc(NC(c4ccccc4)(c4ccccc4)c4ccccc4)nc3=O)[C@H](O)[C@@H]2O)cc1. The average Bonchev–Trinajstić information content (AvgIpc) is 3.36. The number of aryl methyl sites for hydroxylation is 1. The van der Waals surface area contributed by atoms with E-state index in [1.54, 1.807) is 30.3 Å². The summed E-state index contributed by atoms with van der Waals surface area (Å²) < 4.78 is 12.3. The van der Waals surface area contributed by atoms with Crippen LogP contribution in [0.1, 0.15) is 38.8 Å². The monoisotopic (exact) mass is 603 g/mol. The summed E-state index contributed by atoms with van der Waals surface area (Å²) in [4.78, 5) is 30.2. The first kappa shape index (κ1) is 30.0. The Bertz CT molecular complexity index is 1700. The summed E-state index contributed by atoms with van der Waals surface area (Å²) >= 11 is 0. The number of esters is 1. The van der Waals surface area contributed by atoms with E-state index in [0.717, 1.165) is 26.8 Å². The number of ether oxygens (including phenoxy) is 2. The van der Waals surface area contributed by atoms with E-state index < -0.39 is 41.7 Å². The molecule has 5 aromatic rings. The quantitative estimate of drug-likeness (QED) is 0.167. The van der Waals surface area contributed by atoms with Crippen LogP contribution < -0.4 is 11.0 Å². The Morgan fingerprint density at radius 2 is 1.36 bits per heavy atom. The van der Waals surface area contributed by atoms with Crippen molar-refractivity contribution in [3.63, 3.8) is 0 Å². The van der Waals surface area contributed by atoms with Gasteiger partial charge in [-0.3, -0.25) is 4.57 Å². The van der Waals surface area contributed by atoms with Crippen molar-refractivity contribution in [2.75, 3.05) is 11.9 Å². The van der Waals surface area contributed by atoms with E-state index in [0.29, 0.717) is 11.4 Å². The largest absolute Gasteiger partial charge is 0.459 e. The average molecular weight is 604 g/mol. The van der Waals surface area contributed by atoms with Crippen LogP contribution in [0.5, 0.6) is 0 Å². The normalized spacial score (nSPS) is 19.6. The van der Waals surface area contributed by atoms with Gasteiger partial charge in [-0.1, -0.05) is 109 Å². The molecular formula is C36H33N3O6. The van der Waals surface area contributed by atoms with Crippen molar-refractivity contribution in [3.8, 4) is 0 Å². The fraction of sp³-hybridized carbons (Fsp3) is 0.194. The highest BCUT2D eigenvalue weighted by Gasteiger charge is 2.45. The zero-order valence-corrected chi connectivity index (χ0v) is 24.6. The number of hydrogen-bond donors (Lipinski definition) is 3. The Morgan fingerprint density at radius 3 is 1.87 bits per heavy atom. The molecule has 1 aliphatic heterocycles. The van der Waals surface area contributed by atoms with Gasteiger partial charge in [-0.05, 0) is 41.8 Å². The van der Waals surface area contributed by atoms with Gasteiger partial charge in [-0.25, -0.2) is 9.59 Å². The Hall–Kier alpha value is -5.09. The van der Waals surface area contributed by atoms with Crippen molar-refractivity contribution < 1.29 is 24.5 Å². The Morgan fingerprint density at radius 1 is 0.822 bits per heavy atom. The molecule has 1 aliphatic rings. The van der Waals surface area contributed by atoms with Gasteiger partial charge in [-0.15, -0.1) is 0 Å². The van der Waals surface area contributed by atoms with Crippen molar-refractivity contribution in [1.29, 1.82) is 0 Å². The van der Waals surface area contributed by atoms with Crippen LogP contribution in [0.2, 0.25) is 0 Å². The van der Waals surface area contributed by atoms with Gasteiger partial charge in [-0.2, -0.15) is 4.98 Å². The highest BCUT2D eigenvalue weighted by atomic mass is 16.6. The predicted octanol–water partition coefficient (Wildman–Crippen LogP) is 4.43. The van der Waals surface area contributed by atoms with Crippen LogP contribution in [0.25, 0.3) is 0 Å². The molecule has 1 fully saturated rings. The van der Waals surface area contributed by atoms with E-state index in [1.165, 1.54) is 6.20 Å². The number of aromatic nitrogens is 2. The predicted molar refractivity (Wildman–Crippen MR) is 169 cm³/mol. The zero-order valence-electron chi connectivity index (χ0n) is 24.6. The molecule has 0 spiro atoms. The molecule has 6 rings (SSSR count). The van der Waals surface area contributed by atoms with Crippen LogP contribution in [0.3, 0.4) is 0 Å². The molecule has 4 atom stereocenters. The minimum atomic E-state index is -1.46. The number of carbonyl (C=O) groups is 1. The summed E-state index contributed by atoms with van der Waals surface area (Å²) in [6, 6.07) is 38.2. The smallest absolute Gasteiger partial charge is 0.351 e. The molecule has 228 valence electrons. The summed E-state index contributed by atoms with van der Waals surface area (Å²) in [5.41, 5.74) is 2.57. The molecule has 4 aromatic carbocycles. The van der Waals surface area contributed by atoms with Crippen molar-refractivity contribution in [1.82, 2.24) is 9.55 Å². The summed E-state index contributed by atoms with van der Waals surface area (Å²) in [7, 11) is 0. The van der Waals surface area contributed by atoms with Gasteiger partial charge >= 0.3 is 11.7 Å². The lowest BCUT2D eigenvalue weighted by molar-refractivity contribution is -0.0598. The molecule has 0 amide bonds. The highest BCUT2D eigenvalue weighted by molar-refractivity contribution is 5.89. The van der Waals surface area contributed by atoms with Crippen molar-refractivity contribution in [2.24, 2.45) is 0 Å². The lowest BCUT2D eigenvalue weighted by atomic mass is 9.77. The third kappa shape index (κ3) is 6.01. The third-order valence-corrected chi connectivity index (χ3v) is 8.04. The van der Waals surface area contributed by atoms with Gasteiger partial charge in [0.15, 0.2) is 6.23 Å². The molecular weight excluding hydrogens is 570 g/mol. The third-order valence-electron chi connectivity index (χ3n) is 8.04. The first-order valence-corrected chi connectivity index (χ1v) is 14.7. The van der Waals surface area contributed by atoms with E-state index in [1.807, 2.05) is 97.9 Å². The molecule has 0 saturated carbocycles. The molecule has 45 heavy (non-hydrogen) atoms. The standard InChI is InChI=1S/C36H33N3O6/c1-24-17-19-25(20-18-24)34(42)44-23-29-31(40)32(41)33(45-29)39-22-21-30(37-35(39)43)38-36(26-11-5-2-6-12-26,27-13-7-3-8-14-27)28-15-9-4-10-16-28/h2-22,29,31-33,40-41H,23H2,1H3,(H,37,38,43)/t29-,31-,32-,33-/m1/s1. The Balaban J connectivity index is 1.27. The summed E-state index contributed by atoms with van der Waals surface area (Å²) in [6.07, 6.45) is -3.67. The first-order valence-electron chi connectivity index (χ1n) is 14.7. The van der Waals surface area contributed by atoms with E-state index in [4.69, 9.17) is 9.47 Å².